The predicted molar refractivity (Wildman–Crippen MR) is 167 cm³/mol. The number of para-hydroxylation sites is 1. The first-order chi connectivity index (χ1) is 19.2. The summed E-state index contributed by atoms with van der Waals surface area (Å²) in [4.78, 5) is 11.8. The first-order valence-electron chi connectivity index (χ1n) is 13.2. The number of fused-ring (bicyclic) bond motifs is 2. The van der Waals surface area contributed by atoms with Gasteiger partial charge in [0.25, 0.3) is 0 Å². The number of anilines is 2. The molecule has 2 aliphatic rings. The van der Waals surface area contributed by atoms with Gasteiger partial charge in [-0.3, -0.25) is 4.79 Å². The van der Waals surface area contributed by atoms with Crippen LogP contribution in [0.25, 0.3) is 0 Å². The van der Waals surface area contributed by atoms with Crippen molar-refractivity contribution < 1.29 is 4.79 Å². The van der Waals surface area contributed by atoms with Gasteiger partial charge < -0.3 is 0 Å². The number of nitrogens with zero attached hydrogens (tertiary/aromatic N) is 4. The Balaban J connectivity index is 1.62. The van der Waals surface area contributed by atoms with Crippen LogP contribution in [0.1, 0.15) is 49.9 Å². The van der Waals surface area contributed by atoms with Crippen molar-refractivity contribution in [3.05, 3.63) is 130 Å². The molecule has 200 valence electrons. The zero-order chi connectivity index (χ0) is 28.1. The smallest absolute Gasteiger partial charge is 0.234 e. The van der Waals surface area contributed by atoms with Crippen molar-refractivity contribution in [1.82, 2.24) is 0 Å². The van der Waals surface area contributed by atoms with Crippen LogP contribution < -0.4 is 10.0 Å². The maximum atomic E-state index is 12.8. The molecule has 0 N–H and O–H groups in total. The van der Waals surface area contributed by atoms with Gasteiger partial charge in [0.1, 0.15) is 0 Å². The summed E-state index contributed by atoms with van der Waals surface area (Å²) in [6, 6.07) is 34.5. The predicted octanol–water partition coefficient (Wildman–Crippen LogP) is 8.18. The second-order valence-electron chi connectivity index (χ2n) is 10.9. The van der Waals surface area contributed by atoms with Gasteiger partial charge in [-0.1, -0.05) is 99.1 Å². The van der Waals surface area contributed by atoms with Crippen LogP contribution >= 0.6 is 23.4 Å². The number of thioether (sulfide) groups is 1. The van der Waals surface area contributed by atoms with Gasteiger partial charge in [-0.05, 0) is 59.1 Å². The van der Waals surface area contributed by atoms with E-state index in [-0.39, 0.29) is 11.2 Å². The number of carbonyl (C=O) groups is 1. The van der Waals surface area contributed by atoms with Gasteiger partial charge in [-0.25, -0.2) is 10.0 Å². The quantitative estimate of drug-likeness (QED) is 0.251. The zero-order valence-corrected chi connectivity index (χ0v) is 24.4. The fourth-order valence-corrected chi connectivity index (χ4v) is 6.48. The Labute approximate surface area is 244 Å². The van der Waals surface area contributed by atoms with Crippen molar-refractivity contribution >= 4 is 51.3 Å². The third-order valence-electron chi connectivity index (χ3n) is 7.13. The van der Waals surface area contributed by atoms with Crippen LogP contribution in [0.3, 0.4) is 0 Å². The molecule has 0 aromatic heterocycles. The number of carbonyl (C=O) groups excluding carboxylic acids is 1. The van der Waals surface area contributed by atoms with Crippen molar-refractivity contribution in [2.45, 2.75) is 38.1 Å². The minimum absolute atomic E-state index is 0.0466. The van der Waals surface area contributed by atoms with Crippen LogP contribution in [0.5, 0.6) is 0 Å². The summed E-state index contributed by atoms with van der Waals surface area (Å²) < 4.78 is 0. The lowest BCUT2D eigenvalue weighted by Gasteiger charge is -2.47. The highest BCUT2D eigenvalue weighted by molar-refractivity contribution is 8.17. The van der Waals surface area contributed by atoms with E-state index in [2.05, 4.69) is 57.2 Å². The summed E-state index contributed by atoms with van der Waals surface area (Å²) in [5.74, 6) is -0.0983. The molecule has 2 heterocycles. The molecule has 1 atom stereocenters. The molecule has 6 rings (SSSR count). The largest absolute Gasteiger partial charge is 0.292 e. The van der Waals surface area contributed by atoms with E-state index < -0.39 is 4.99 Å². The van der Waals surface area contributed by atoms with Gasteiger partial charge in [0, 0.05) is 28.6 Å². The number of rotatable bonds is 4. The van der Waals surface area contributed by atoms with Crippen molar-refractivity contribution in [2.75, 3.05) is 10.0 Å². The zero-order valence-electron chi connectivity index (χ0n) is 22.8. The fourth-order valence-electron chi connectivity index (χ4n) is 5.07. The number of ketones is 1. The van der Waals surface area contributed by atoms with Crippen LogP contribution in [0.2, 0.25) is 5.02 Å². The van der Waals surface area contributed by atoms with Gasteiger partial charge in [0.05, 0.1) is 17.1 Å². The lowest BCUT2D eigenvalue weighted by atomic mass is 9.85. The summed E-state index contributed by atoms with van der Waals surface area (Å²) in [6.07, 6.45) is 0. The Kier molecular flexibility index (Phi) is 6.56. The molecule has 2 aliphatic heterocycles. The standard InChI is InChI=1S/C33H29ClN4OS/c1-22(39)31-36-38(27-20-18-25(34)19-21-27)33(40-31)29-13-9-8-12-28(29)30(35-37(33)26-10-6-5-7-11-26)23-14-16-24(17-15-23)32(2,3)4/h5-21H,1-4H3/t33-/m0/s1. The number of hydrogen-bond acceptors (Lipinski definition) is 6. The first-order valence-corrected chi connectivity index (χ1v) is 14.4. The van der Waals surface area contributed by atoms with Crippen LogP contribution in [0.15, 0.2) is 113 Å². The van der Waals surface area contributed by atoms with E-state index in [1.165, 1.54) is 17.3 Å². The number of Topliss-reactive ketones (excluding diaryl/α,β-unsaturated/α-hetero) is 1. The van der Waals surface area contributed by atoms with Gasteiger partial charge in [0.15, 0.2) is 10.8 Å². The first kappa shape index (κ1) is 26.4. The molecule has 5 nitrogen and oxygen atoms in total. The van der Waals surface area contributed by atoms with Crippen molar-refractivity contribution in [3.8, 4) is 0 Å². The highest BCUT2D eigenvalue weighted by atomic mass is 35.5. The van der Waals surface area contributed by atoms with E-state index in [4.69, 9.17) is 21.8 Å². The van der Waals surface area contributed by atoms with E-state index in [9.17, 15) is 4.79 Å². The summed E-state index contributed by atoms with van der Waals surface area (Å²) in [7, 11) is 0. The second-order valence-corrected chi connectivity index (χ2v) is 12.5. The average Bonchev–Trinajstić information content (AvgIpc) is 3.35. The minimum Gasteiger partial charge on any atom is -0.292 e. The van der Waals surface area contributed by atoms with E-state index in [1.54, 1.807) is 6.92 Å². The Morgan fingerprint density at radius 3 is 2.02 bits per heavy atom. The maximum Gasteiger partial charge on any atom is 0.234 e. The molecule has 7 heteroatoms. The summed E-state index contributed by atoms with van der Waals surface area (Å²) >= 11 is 7.67. The highest BCUT2D eigenvalue weighted by Crippen LogP contribution is 2.55. The van der Waals surface area contributed by atoms with E-state index >= 15 is 0 Å². The number of benzene rings is 4. The van der Waals surface area contributed by atoms with Gasteiger partial charge >= 0.3 is 0 Å². The lowest BCUT2D eigenvalue weighted by molar-refractivity contribution is -0.110. The molecule has 0 aliphatic carbocycles. The summed E-state index contributed by atoms with van der Waals surface area (Å²) in [5, 5.41) is 15.2. The topological polar surface area (TPSA) is 48.3 Å². The molecule has 4 aromatic carbocycles. The Morgan fingerprint density at radius 2 is 1.38 bits per heavy atom. The number of hydrazone groups is 2. The Bertz CT molecular complexity index is 1640. The fraction of sp³-hybridized carbons (Fsp3) is 0.182. The minimum atomic E-state index is -0.984. The Hall–Kier alpha value is -3.87. The maximum absolute atomic E-state index is 12.8. The number of hydrogen-bond donors (Lipinski definition) is 0. The monoisotopic (exact) mass is 564 g/mol. The molecule has 4 aromatic rings. The molecule has 0 amide bonds. The van der Waals surface area contributed by atoms with Crippen LogP contribution in [-0.2, 0) is 15.2 Å². The van der Waals surface area contributed by atoms with Gasteiger partial charge in [-0.2, -0.15) is 10.2 Å². The normalized spacial score (nSPS) is 18.4. The molecule has 0 unspecified atom stereocenters. The second kappa shape index (κ2) is 9.95. The van der Waals surface area contributed by atoms with Crippen LogP contribution in [-0.4, -0.2) is 16.5 Å². The third kappa shape index (κ3) is 4.41. The molecule has 0 bridgehead atoms. The molecule has 0 saturated carbocycles. The molecule has 1 spiro atoms. The van der Waals surface area contributed by atoms with Gasteiger partial charge in [-0.15, -0.1) is 0 Å². The summed E-state index contributed by atoms with van der Waals surface area (Å²) in [6.45, 7) is 8.20. The van der Waals surface area contributed by atoms with Crippen molar-refractivity contribution in [3.63, 3.8) is 0 Å². The molecule has 0 radical (unpaired) electrons. The van der Waals surface area contributed by atoms with Crippen molar-refractivity contribution in [1.29, 1.82) is 0 Å². The SMILES string of the molecule is CC(=O)C1=NN(c2ccc(Cl)cc2)[C@]2(S1)c1ccccc1C(c1ccc(C(C)(C)C)cc1)=NN2c1ccccc1. The lowest BCUT2D eigenvalue weighted by Crippen LogP contribution is -2.54. The molecular formula is C33H29ClN4OS. The van der Waals surface area contributed by atoms with Crippen LogP contribution in [0, 0.1) is 0 Å². The van der Waals surface area contributed by atoms with Gasteiger partial charge in [0.2, 0.25) is 4.99 Å². The summed E-state index contributed by atoms with van der Waals surface area (Å²) in [5.41, 5.74) is 6.85. The van der Waals surface area contributed by atoms with Crippen molar-refractivity contribution in [2.24, 2.45) is 10.2 Å². The Morgan fingerprint density at radius 1 is 0.775 bits per heavy atom. The molecular weight excluding hydrogens is 536 g/mol. The molecule has 0 saturated heterocycles. The third-order valence-corrected chi connectivity index (χ3v) is 8.80. The van der Waals surface area contributed by atoms with E-state index in [0.717, 1.165) is 33.8 Å². The van der Waals surface area contributed by atoms with E-state index in [0.29, 0.717) is 10.1 Å². The molecule has 0 fully saturated rings. The average molecular weight is 565 g/mol. The number of halogens is 1. The molecule has 40 heavy (non-hydrogen) atoms. The van der Waals surface area contributed by atoms with E-state index in [1.807, 2.05) is 76.7 Å². The van der Waals surface area contributed by atoms with Crippen LogP contribution in [0.4, 0.5) is 11.4 Å². The highest BCUT2D eigenvalue weighted by Gasteiger charge is 2.55.